The lowest BCUT2D eigenvalue weighted by atomic mass is 10.1. The average Bonchev–Trinajstić information content (AvgIpc) is 2.10. The van der Waals surface area contributed by atoms with Crippen LogP contribution in [0, 0.1) is 0 Å². The fourth-order valence-electron chi connectivity index (χ4n) is 1.27. The zero-order chi connectivity index (χ0) is 11.8. The van der Waals surface area contributed by atoms with E-state index in [0.717, 1.165) is 19.3 Å². The summed E-state index contributed by atoms with van der Waals surface area (Å²) >= 11 is 0. The van der Waals surface area contributed by atoms with Crippen LogP contribution in [0.5, 0.6) is 0 Å². The summed E-state index contributed by atoms with van der Waals surface area (Å²) in [5.41, 5.74) is 11.1. The molecule has 0 aromatic rings. The molecule has 0 spiro atoms. The third-order valence-electron chi connectivity index (χ3n) is 2.18. The van der Waals surface area contributed by atoms with Crippen LogP contribution in [0.25, 0.3) is 0 Å². The molecule has 0 aliphatic heterocycles. The number of aliphatic hydroxyl groups excluding tert-OH is 2. The number of nitrogens with two attached hydrogens (primary N) is 2. The van der Waals surface area contributed by atoms with E-state index in [9.17, 15) is 5.11 Å². The van der Waals surface area contributed by atoms with Crippen molar-refractivity contribution >= 4 is 5.84 Å². The number of rotatable bonds is 7. The van der Waals surface area contributed by atoms with E-state index in [1.54, 1.807) is 13.8 Å². The van der Waals surface area contributed by atoms with Crippen LogP contribution in [0.3, 0.4) is 0 Å². The molecule has 0 fully saturated rings. The standard InChI is InChI=1S/C10H23N3O2/c1-7(14)9(15)5-3-4-6-10(12)13-8(2)11/h7,9-10,14-15H,3-6,12H2,1-2H3,(H2,11,13). The molecule has 5 heteroatoms. The van der Waals surface area contributed by atoms with Gasteiger partial charge in [-0.1, -0.05) is 6.42 Å². The summed E-state index contributed by atoms with van der Waals surface area (Å²) in [6.07, 6.45) is 1.50. The van der Waals surface area contributed by atoms with Gasteiger partial charge in [0.05, 0.1) is 24.2 Å². The summed E-state index contributed by atoms with van der Waals surface area (Å²) < 4.78 is 0. The number of hydrogen-bond donors (Lipinski definition) is 4. The second-order valence-electron chi connectivity index (χ2n) is 3.93. The minimum Gasteiger partial charge on any atom is -0.391 e. The van der Waals surface area contributed by atoms with Crippen molar-refractivity contribution in [2.45, 2.75) is 57.9 Å². The zero-order valence-electron chi connectivity index (χ0n) is 9.56. The van der Waals surface area contributed by atoms with Gasteiger partial charge in [0.25, 0.3) is 0 Å². The molecule has 0 heterocycles. The molecule has 0 aromatic heterocycles. The number of unbranched alkanes of at least 4 members (excludes halogenated alkanes) is 1. The smallest absolute Gasteiger partial charge is 0.0989 e. The zero-order valence-corrected chi connectivity index (χ0v) is 9.56. The van der Waals surface area contributed by atoms with Gasteiger partial charge in [0.1, 0.15) is 0 Å². The molecule has 0 aliphatic rings. The van der Waals surface area contributed by atoms with Crippen molar-refractivity contribution in [3.63, 3.8) is 0 Å². The first-order valence-corrected chi connectivity index (χ1v) is 5.35. The first kappa shape index (κ1) is 14.3. The highest BCUT2D eigenvalue weighted by atomic mass is 16.3. The Labute approximate surface area is 91.2 Å². The molecule has 90 valence electrons. The summed E-state index contributed by atoms with van der Waals surface area (Å²) in [6, 6.07) is 0. The van der Waals surface area contributed by atoms with Gasteiger partial charge in [-0.15, -0.1) is 0 Å². The van der Waals surface area contributed by atoms with Gasteiger partial charge in [0, 0.05) is 0 Å². The fourth-order valence-corrected chi connectivity index (χ4v) is 1.27. The number of nitrogens with zero attached hydrogens (tertiary/aromatic N) is 1. The van der Waals surface area contributed by atoms with Gasteiger partial charge in [-0.05, 0) is 33.1 Å². The van der Waals surface area contributed by atoms with Crippen molar-refractivity contribution in [3.05, 3.63) is 0 Å². The Balaban J connectivity index is 3.50. The van der Waals surface area contributed by atoms with Gasteiger partial charge >= 0.3 is 0 Å². The number of amidine groups is 1. The van der Waals surface area contributed by atoms with Crippen LogP contribution in [0.15, 0.2) is 4.99 Å². The Morgan fingerprint density at radius 3 is 2.27 bits per heavy atom. The van der Waals surface area contributed by atoms with E-state index in [2.05, 4.69) is 4.99 Å². The summed E-state index contributed by atoms with van der Waals surface area (Å²) in [6.45, 7) is 3.29. The Bertz CT molecular complexity index is 191. The van der Waals surface area contributed by atoms with E-state index < -0.39 is 12.2 Å². The molecular weight excluding hydrogens is 194 g/mol. The molecule has 0 aliphatic carbocycles. The van der Waals surface area contributed by atoms with Crippen LogP contribution in [0.2, 0.25) is 0 Å². The van der Waals surface area contributed by atoms with Crippen molar-refractivity contribution in [2.24, 2.45) is 16.5 Å². The van der Waals surface area contributed by atoms with Crippen molar-refractivity contribution in [2.75, 3.05) is 0 Å². The molecule has 5 nitrogen and oxygen atoms in total. The van der Waals surface area contributed by atoms with Crippen molar-refractivity contribution in [1.29, 1.82) is 0 Å². The minimum atomic E-state index is -0.664. The first-order chi connectivity index (χ1) is 6.93. The molecule has 3 atom stereocenters. The van der Waals surface area contributed by atoms with Gasteiger partial charge in [0.15, 0.2) is 0 Å². The Hall–Kier alpha value is -0.650. The van der Waals surface area contributed by atoms with Gasteiger partial charge in [-0.2, -0.15) is 0 Å². The minimum absolute atomic E-state index is 0.251. The molecule has 0 saturated heterocycles. The van der Waals surface area contributed by atoms with Crippen molar-refractivity contribution in [1.82, 2.24) is 0 Å². The summed E-state index contributed by atoms with van der Waals surface area (Å²) in [5, 5.41) is 18.3. The van der Waals surface area contributed by atoms with E-state index in [0.29, 0.717) is 12.3 Å². The molecular formula is C10H23N3O2. The topological polar surface area (TPSA) is 105 Å². The fraction of sp³-hybridized carbons (Fsp3) is 0.900. The molecule has 0 saturated carbocycles. The van der Waals surface area contributed by atoms with Crippen LogP contribution < -0.4 is 11.5 Å². The summed E-state index contributed by atoms with van der Waals surface area (Å²) in [7, 11) is 0. The molecule has 0 rings (SSSR count). The third-order valence-corrected chi connectivity index (χ3v) is 2.18. The Kier molecular flexibility index (Phi) is 7.29. The highest BCUT2D eigenvalue weighted by molar-refractivity contribution is 5.77. The maximum absolute atomic E-state index is 9.31. The number of aliphatic imine (C=N–C) groups is 1. The van der Waals surface area contributed by atoms with E-state index >= 15 is 0 Å². The van der Waals surface area contributed by atoms with E-state index in [1.807, 2.05) is 0 Å². The summed E-state index contributed by atoms with van der Waals surface area (Å²) in [5.74, 6) is 0.492. The quantitative estimate of drug-likeness (QED) is 0.272. The Morgan fingerprint density at radius 2 is 1.80 bits per heavy atom. The molecule has 3 unspecified atom stereocenters. The van der Waals surface area contributed by atoms with Crippen molar-refractivity contribution in [3.8, 4) is 0 Å². The SMILES string of the molecule is CC(N)=NC(N)CCCCC(O)C(C)O. The molecule has 0 aromatic carbocycles. The maximum Gasteiger partial charge on any atom is 0.0989 e. The lowest BCUT2D eigenvalue weighted by Gasteiger charge is -2.13. The lowest BCUT2D eigenvalue weighted by Crippen LogP contribution is -2.23. The molecule has 0 amide bonds. The monoisotopic (exact) mass is 217 g/mol. The first-order valence-electron chi connectivity index (χ1n) is 5.35. The second kappa shape index (κ2) is 7.62. The lowest BCUT2D eigenvalue weighted by molar-refractivity contribution is 0.0246. The van der Waals surface area contributed by atoms with Crippen LogP contribution in [-0.4, -0.2) is 34.4 Å². The second-order valence-corrected chi connectivity index (χ2v) is 3.93. The van der Waals surface area contributed by atoms with Gasteiger partial charge < -0.3 is 21.7 Å². The normalized spacial score (nSPS) is 18.6. The highest BCUT2D eigenvalue weighted by Gasteiger charge is 2.10. The highest BCUT2D eigenvalue weighted by Crippen LogP contribution is 2.08. The predicted molar refractivity (Wildman–Crippen MR) is 61.4 cm³/mol. The van der Waals surface area contributed by atoms with Gasteiger partial charge in [0.2, 0.25) is 0 Å². The summed E-state index contributed by atoms with van der Waals surface area (Å²) in [4.78, 5) is 3.99. The van der Waals surface area contributed by atoms with Gasteiger partial charge in [-0.3, -0.25) is 4.99 Å². The largest absolute Gasteiger partial charge is 0.391 e. The molecule has 6 N–H and O–H groups in total. The van der Waals surface area contributed by atoms with Crippen LogP contribution >= 0.6 is 0 Å². The predicted octanol–water partition coefficient (Wildman–Crippen LogP) is -0.0496. The number of hydrogen-bond acceptors (Lipinski definition) is 4. The van der Waals surface area contributed by atoms with Crippen LogP contribution in [0.1, 0.15) is 39.5 Å². The van der Waals surface area contributed by atoms with Crippen LogP contribution in [-0.2, 0) is 0 Å². The molecule has 0 radical (unpaired) electrons. The van der Waals surface area contributed by atoms with Gasteiger partial charge in [-0.25, -0.2) is 0 Å². The maximum atomic E-state index is 9.31. The van der Waals surface area contributed by atoms with Crippen molar-refractivity contribution < 1.29 is 10.2 Å². The number of aliphatic hydroxyl groups is 2. The Morgan fingerprint density at radius 1 is 1.27 bits per heavy atom. The molecule has 15 heavy (non-hydrogen) atoms. The van der Waals surface area contributed by atoms with E-state index in [1.165, 1.54) is 0 Å². The molecule has 0 bridgehead atoms. The third kappa shape index (κ3) is 8.35. The van der Waals surface area contributed by atoms with Crippen LogP contribution in [0.4, 0.5) is 0 Å². The van der Waals surface area contributed by atoms with E-state index in [-0.39, 0.29) is 6.17 Å². The van der Waals surface area contributed by atoms with E-state index in [4.69, 9.17) is 16.6 Å². The average molecular weight is 217 g/mol.